The van der Waals surface area contributed by atoms with Gasteiger partial charge in [-0.25, -0.2) is 11.1 Å². The molecule has 0 saturated heterocycles. The first-order chi connectivity index (χ1) is 10.0. The van der Waals surface area contributed by atoms with Crippen LogP contribution < -0.4 is 42.4 Å². The number of hydrogen-bond acceptors (Lipinski definition) is 0. The standard InChI is InChI=1S/C20H29Si.3ClH.Ti/c1-6-7-8-9-18-13-19(12-15(18)3)21-20-16(4)10-14(2)11-17(20)5;;;;/h10-11H,6-9,13,21H2,1-5H3;3*1H;/q-1;;;;+4/p-3. The first kappa shape index (κ1) is 30.2. The van der Waals surface area contributed by atoms with E-state index in [1.165, 1.54) is 54.4 Å². The fourth-order valence-electron chi connectivity index (χ4n) is 3.46. The van der Waals surface area contributed by atoms with E-state index in [1.807, 2.05) is 0 Å². The molecule has 0 spiro atoms. The Kier molecular flexibility index (Phi) is 17.6. The number of aryl methyl sites for hydroxylation is 3. The van der Waals surface area contributed by atoms with Gasteiger partial charge in [-0.1, -0.05) is 80.0 Å². The Morgan fingerprint density at radius 3 is 2.04 bits per heavy atom. The van der Waals surface area contributed by atoms with Crippen LogP contribution in [0.2, 0.25) is 0 Å². The van der Waals surface area contributed by atoms with Gasteiger partial charge in [0.2, 0.25) is 0 Å². The number of allylic oxidation sites excluding steroid dienone is 4. The van der Waals surface area contributed by atoms with E-state index in [4.69, 9.17) is 0 Å². The average molecular weight is 452 g/mol. The van der Waals surface area contributed by atoms with Crippen molar-refractivity contribution < 1.29 is 58.9 Å². The van der Waals surface area contributed by atoms with Crippen molar-refractivity contribution in [2.75, 3.05) is 0 Å². The molecule has 25 heavy (non-hydrogen) atoms. The first-order valence-corrected chi connectivity index (χ1v) is 9.79. The summed E-state index contributed by atoms with van der Waals surface area (Å²) < 4.78 is 0. The van der Waals surface area contributed by atoms with Gasteiger partial charge in [-0.15, -0.1) is 0 Å². The third-order valence-electron chi connectivity index (χ3n) is 4.63. The van der Waals surface area contributed by atoms with Gasteiger partial charge in [0.25, 0.3) is 0 Å². The van der Waals surface area contributed by atoms with Crippen LogP contribution >= 0.6 is 0 Å². The van der Waals surface area contributed by atoms with Crippen LogP contribution in [-0.2, 0) is 21.7 Å². The molecule has 1 aromatic carbocycles. The summed E-state index contributed by atoms with van der Waals surface area (Å²) in [5.41, 5.74) is 7.47. The predicted octanol–water partition coefficient (Wildman–Crippen LogP) is -4.60. The summed E-state index contributed by atoms with van der Waals surface area (Å²) >= 11 is 0. The maximum absolute atomic E-state index is 3.71. The van der Waals surface area contributed by atoms with Gasteiger partial charge >= 0.3 is 21.7 Å². The van der Waals surface area contributed by atoms with E-state index in [0.29, 0.717) is 0 Å². The summed E-state index contributed by atoms with van der Waals surface area (Å²) in [6.45, 7) is 11.3. The molecule has 138 valence electrons. The van der Waals surface area contributed by atoms with Crippen molar-refractivity contribution in [3.05, 3.63) is 51.2 Å². The summed E-state index contributed by atoms with van der Waals surface area (Å²) in [7, 11) is -0.337. The molecule has 0 heterocycles. The number of benzene rings is 1. The SMILES string of the molecule is CCCCCC1=C(C)[C-]=C([SiH2]c2c(C)cc(C)cc2C)C1.[Cl-].[Cl-].[Cl-].[Ti+4]. The molecule has 1 aliphatic carbocycles. The Bertz CT molecular complexity index is 572. The van der Waals surface area contributed by atoms with Crippen LogP contribution in [0.4, 0.5) is 0 Å². The molecule has 1 aliphatic rings. The number of rotatable bonds is 6. The summed E-state index contributed by atoms with van der Waals surface area (Å²) in [6, 6.07) is 4.68. The average Bonchev–Trinajstić information content (AvgIpc) is 2.75. The Labute approximate surface area is 190 Å². The topological polar surface area (TPSA) is 0 Å². The molecule has 0 radical (unpaired) electrons. The van der Waals surface area contributed by atoms with Crippen molar-refractivity contribution in [3.63, 3.8) is 0 Å². The van der Waals surface area contributed by atoms with Crippen LogP contribution in [0.25, 0.3) is 0 Å². The van der Waals surface area contributed by atoms with Crippen molar-refractivity contribution in [1.82, 2.24) is 0 Å². The molecular formula is C20H29Cl3SiTi. The zero-order valence-corrected chi connectivity index (χ0v) is 21.3. The molecule has 0 aromatic heterocycles. The van der Waals surface area contributed by atoms with E-state index in [2.05, 4.69) is 52.8 Å². The molecule has 0 fully saturated rings. The monoisotopic (exact) mass is 450 g/mol. The van der Waals surface area contributed by atoms with Crippen LogP contribution in [0.5, 0.6) is 0 Å². The fraction of sp³-hybridized carbons (Fsp3) is 0.500. The fourth-order valence-corrected chi connectivity index (χ4v) is 5.43. The number of halogens is 3. The number of unbranched alkanes of at least 4 members (excludes halogenated alkanes) is 2. The minimum atomic E-state index is -0.337. The molecule has 0 nitrogen and oxygen atoms in total. The van der Waals surface area contributed by atoms with E-state index in [0.717, 1.165) is 0 Å². The normalized spacial score (nSPS) is 12.9. The maximum Gasteiger partial charge on any atom is 4.00 e. The van der Waals surface area contributed by atoms with Gasteiger partial charge in [-0.3, -0.25) is 6.08 Å². The third kappa shape index (κ3) is 8.82. The minimum absolute atomic E-state index is 0. The van der Waals surface area contributed by atoms with Gasteiger partial charge in [-0.2, -0.15) is 5.20 Å². The molecule has 0 bridgehead atoms. The molecule has 1 aromatic rings. The minimum Gasteiger partial charge on any atom is -1.00 e. The Morgan fingerprint density at radius 2 is 1.52 bits per heavy atom. The second-order valence-electron chi connectivity index (χ2n) is 6.65. The van der Waals surface area contributed by atoms with Gasteiger partial charge in [0.15, 0.2) is 0 Å². The molecule has 0 amide bonds. The zero-order chi connectivity index (χ0) is 15.4. The summed E-state index contributed by atoms with van der Waals surface area (Å²) in [4.78, 5) is 0. The Hall–Kier alpha value is 0.501. The van der Waals surface area contributed by atoms with Crippen molar-refractivity contribution in [2.45, 2.75) is 66.7 Å². The molecular weight excluding hydrogens is 423 g/mol. The second kappa shape index (κ2) is 14.5. The largest absolute Gasteiger partial charge is 4.00 e. The van der Waals surface area contributed by atoms with Gasteiger partial charge in [0.05, 0.1) is 9.52 Å². The van der Waals surface area contributed by atoms with Crippen molar-refractivity contribution in [1.29, 1.82) is 0 Å². The molecule has 0 atom stereocenters. The molecule has 0 saturated carbocycles. The van der Waals surface area contributed by atoms with E-state index in [-0.39, 0.29) is 68.5 Å². The van der Waals surface area contributed by atoms with Gasteiger partial charge in [0.1, 0.15) is 0 Å². The van der Waals surface area contributed by atoms with Crippen LogP contribution in [0, 0.1) is 26.8 Å². The van der Waals surface area contributed by atoms with Gasteiger partial charge < -0.3 is 37.2 Å². The van der Waals surface area contributed by atoms with Crippen LogP contribution in [0.1, 0.15) is 62.6 Å². The molecule has 0 unspecified atom stereocenters. The van der Waals surface area contributed by atoms with Crippen LogP contribution in [0.15, 0.2) is 28.5 Å². The maximum atomic E-state index is 3.71. The van der Waals surface area contributed by atoms with Gasteiger partial charge in [-0.05, 0) is 20.8 Å². The summed E-state index contributed by atoms with van der Waals surface area (Å²) in [5.74, 6) is 0. The Morgan fingerprint density at radius 1 is 0.960 bits per heavy atom. The molecule has 2 rings (SSSR count). The quantitative estimate of drug-likeness (QED) is 0.232. The van der Waals surface area contributed by atoms with Gasteiger partial charge in [0, 0.05) is 0 Å². The summed E-state index contributed by atoms with van der Waals surface area (Å²) in [6.07, 6.45) is 10.2. The van der Waals surface area contributed by atoms with Crippen LogP contribution in [-0.4, -0.2) is 9.52 Å². The van der Waals surface area contributed by atoms with E-state index in [9.17, 15) is 0 Å². The van der Waals surface area contributed by atoms with Crippen molar-refractivity contribution in [3.8, 4) is 0 Å². The third-order valence-corrected chi connectivity index (χ3v) is 6.96. The second-order valence-corrected chi connectivity index (χ2v) is 8.56. The van der Waals surface area contributed by atoms with E-state index in [1.54, 1.807) is 16.0 Å². The predicted molar refractivity (Wildman–Crippen MR) is 97.0 cm³/mol. The first-order valence-electron chi connectivity index (χ1n) is 8.38. The van der Waals surface area contributed by atoms with Crippen molar-refractivity contribution >= 4 is 14.7 Å². The molecule has 0 aliphatic heterocycles. The van der Waals surface area contributed by atoms with Crippen LogP contribution in [0.3, 0.4) is 0 Å². The van der Waals surface area contributed by atoms with E-state index >= 15 is 0 Å². The summed E-state index contributed by atoms with van der Waals surface area (Å²) in [5, 5.41) is 3.26. The smallest absolute Gasteiger partial charge is 1.00 e. The zero-order valence-electron chi connectivity index (χ0n) is 16.0. The van der Waals surface area contributed by atoms with E-state index < -0.39 is 0 Å². The molecule has 0 N–H and O–H groups in total. The Balaban J connectivity index is -0.00000121. The molecule has 5 heteroatoms. The van der Waals surface area contributed by atoms with Crippen molar-refractivity contribution in [2.24, 2.45) is 0 Å². The number of hydrogen-bond donors (Lipinski definition) is 0.